The van der Waals surface area contributed by atoms with Crippen molar-refractivity contribution in [3.63, 3.8) is 0 Å². The lowest BCUT2D eigenvalue weighted by atomic mass is 9.83. The first-order chi connectivity index (χ1) is 17.7. The predicted octanol–water partition coefficient (Wildman–Crippen LogP) is 3.64. The molecule has 1 amide bonds. The Labute approximate surface area is 219 Å². The Hall–Kier alpha value is -2.65. The number of nitrogens with two attached hydrogens (primary N) is 1. The van der Waals surface area contributed by atoms with Gasteiger partial charge in [-0.2, -0.15) is 8.42 Å². The van der Waals surface area contributed by atoms with Gasteiger partial charge in [-0.15, -0.1) is 0 Å². The van der Waals surface area contributed by atoms with Crippen molar-refractivity contribution in [1.82, 2.24) is 9.71 Å². The molecule has 198 valence electrons. The van der Waals surface area contributed by atoms with E-state index in [4.69, 9.17) is 10.5 Å². The molecule has 2 aromatic rings. The van der Waals surface area contributed by atoms with Crippen LogP contribution in [0.15, 0.2) is 41.4 Å². The third kappa shape index (κ3) is 4.95. The topological polar surface area (TPSA) is 115 Å². The van der Waals surface area contributed by atoms with Gasteiger partial charge < -0.3 is 15.4 Å². The molecule has 0 radical (unpaired) electrons. The van der Waals surface area contributed by atoms with Gasteiger partial charge in [0.1, 0.15) is 11.6 Å². The van der Waals surface area contributed by atoms with Crippen molar-refractivity contribution in [1.29, 1.82) is 0 Å². The minimum absolute atomic E-state index is 0.0764. The quantitative estimate of drug-likeness (QED) is 0.568. The number of amides is 1. The Bertz CT molecular complexity index is 1300. The van der Waals surface area contributed by atoms with Gasteiger partial charge in [-0.3, -0.25) is 4.79 Å². The van der Waals surface area contributed by atoms with Crippen LogP contribution in [0.25, 0.3) is 0 Å². The smallest absolute Gasteiger partial charge is 0.281 e. The van der Waals surface area contributed by atoms with E-state index in [0.717, 1.165) is 36.9 Å². The van der Waals surface area contributed by atoms with Gasteiger partial charge in [-0.1, -0.05) is 37.5 Å². The number of aryl methyl sites for hydroxylation is 1. The van der Waals surface area contributed by atoms with E-state index in [-0.39, 0.29) is 11.1 Å². The largest absolute Gasteiger partial charge is 0.477 e. The summed E-state index contributed by atoms with van der Waals surface area (Å²) < 4.78 is 35.1. The van der Waals surface area contributed by atoms with Crippen LogP contribution >= 0.6 is 0 Å². The van der Waals surface area contributed by atoms with E-state index in [1.54, 1.807) is 12.1 Å². The van der Waals surface area contributed by atoms with Gasteiger partial charge in [0.15, 0.2) is 10.6 Å². The lowest BCUT2D eigenvalue weighted by Gasteiger charge is -2.31. The number of hydrogen-bond acceptors (Lipinski definition) is 7. The molecule has 3 N–H and O–H groups in total. The van der Waals surface area contributed by atoms with Crippen LogP contribution in [0.2, 0.25) is 0 Å². The molecular weight excluding hydrogens is 488 g/mol. The summed E-state index contributed by atoms with van der Waals surface area (Å²) in [6.07, 6.45) is 7.94. The van der Waals surface area contributed by atoms with E-state index in [0.29, 0.717) is 48.7 Å². The molecule has 3 saturated carbocycles. The van der Waals surface area contributed by atoms with Gasteiger partial charge in [0.2, 0.25) is 0 Å². The first-order valence-corrected chi connectivity index (χ1v) is 15.1. The standard InChI is InChI=1S/C28H36N4O4S/c1-18-10-11-21(19-6-3-2-4-7-19)24(14-18)36-28(12-13-28)27(33)31-37(34,35)26-9-5-8-25(30-26)32-16-20-15-22(20)23(29)17-32/h5,8-11,14,19-20,22-23H,2-4,6-7,12-13,15-17,29H2,1H3,(H,31,33)/t20-,22-,23+/m0/s1. The summed E-state index contributed by atoms with van der Waals surface area (Å²) in [5.74, 6) is 2.19. The summed E-state index contributed by atoms with van der Waals surface area (Å²) in [7, 11) is -4.16. The second kappa shape index (κ2) is 9.27. The normalized spacial score (nSPS) is 26.8. The highest BCUT2D eigenvalue weighted by Crippen LogP contribution is 2.46. The second-order valence-electron chi connectivity index (χ2n) is 11.5. The van der Waals surface area contributed by atoms with Crippen LogP contribution in [-0.4, -0.2) is 44.0 Å². The zero-order valence-corrected chi connectivity index (χ0v) is 22.2. The second-order valence-corrected chi connectivity index (χ2v) is 13.1. The summed E-state index contributed by atoms with van der Waals surface area (Å²) in [5, 5.41) is -0.168. The molecule has 1 saturated heterocycles. The molecule has 2 heterocycles. The highest BCUT2D eigenvalue weighted by molar-refractivity contribution is 7.90. The number of fused-ring (bicyclic) bond motifs is 1. The number of rotatable bonds is 7. The minimum Gasteiger partial charge on any atom is -0.477 e. The van der Waals surface area contributed by atoms with Gasteiger partial charge in [0, 0.05) is 32.0 Å². The number of carbonyl (C=O) groups excluding carboxylic acids is 1. The maximum absolute atomic E-state index is 13.3. The predicted molar refractivity (Wildman–Crippen MR) is 141 cm³/mol. The molecule has 9 heteroatoms. The Kier molecular flexibility index (Phi) is 6.18. The number of ether oxygens (including phenoxy) is 1. The summed E-state index contributed by atoms with van der Waals surface area (Å²) in [4.78, 5) is 19.8. The fourth-order valence-electron chi connectivity index (χ4n) is 6.12. The van der Waals surface area contributed by atoms with Crippen molar-refractivity contribution in [3.05, 3.63) is 47.5 Å². The molecule has 8 nitrogen and oxygen atoms in total. The van der Waals surface area contributed by atoms with Crippen molar-refractivity contribution >= 4 is 21.7 Å². The maximum Gasteiger partial charge on any atom is 0.281 e. The van der Waals surface area contributed by atoms with E-state index in [1.165, 1.54) is 25.3 Å². The van der Waals surface area contributed by atoms with Crippen LogP contribution < -0.4 is 20.1 Å². The molecule has 3 atom stereocenters. The average Bonchev–Trinajstić information content (AvgIpc) is 3.81. The van der Waals surface area contributed by atoms with Crippen LogP contribution in [0.5, 0.6) is 5.75 Å². The molecule has 0 spiro atoms. The van der Waals surface area contributed by atoms with Gasteiger partial charge in [-0.05, 0) is 73.3 Å². The van der Waals surface area contributed by atoms with Crippen molar-refractivity contribution in [3.8, 4) is 5.75 Å². The fourth-order valence-corrected chi connectivity index (χ4v) is 7.12. The molecule has 1 aromatic heterocycles. The summed E-state index contributed by atoms with van der Waals surface area (Å²) in [6.45, 7) is 3.48. The van der Waals surface area contributed by atoms with E-state index < -0.39 is 21.5 Å². The zero-order valence-electron chi connectivity index (χ0n) is 21.4. The Morgan fingerprint density at radius 3 is 2.65 bits per heavy atom. The lowest BCUT2D eigenvalue weighted by molar-refractivity contribution is -0.128. The third-order valence-electron chi connectivity index (χ3n) is 8.59. The van der Waals surface area contributed by atoms with Crippen LogP contribution in [0, 0.1) is 18.8 Å². The van der Waals surface area contributed by atoms with Crippen molar-refractivity contribution in [2.45, 2.75) is 80.9 Å². The number of nitrogens with zero attached hydrogens (tertiary/aromatic N) is 2. The maximum atomic E-state index is 13.3. The number of carbonyl (C=O) groups is 1. The summed E-state index contributed by atoms with van der Waals surface area (Å²) in [6, 6.07) is 11.1. The van der Waals surface area contributed by atoms with E-state index in [1.807, 2.05) is 13.0 Å². The van der Waals surface area contributed by atoms with E-state index >= 15 is 0 Å². The van der Waals surface area contributed by atoms with Crippen molar-refractivity contribution in [2.75, 3.05) is 18.0 Å². The molecule has 4 fully saturated rings. The molecule has 0 unspecified atom stereocenters. The molecule has 1 aromatic carbocycles. The molecule has 1 aliphatic heterocycles. The monoisotopic (exact) mass is 524 g/mol. The number of nitrogens with one attached hydrogen (secondary N) is 1. The Balaban J connectivity index is 1.18. The lowest BCUT2D eigenvalue weighted by Crippen LogP contribution is -2.45. The Morgan fingerprint density at radius 1 is 1.14 bits per heavy atom. The van der Waals surface area contributed by atoms with Gasteiger partial charge >= 0.3 is 0 Å². The SMILES string of the molecule is Cc1ccc(C2CCCCC2)c(OC2(C(=O)NS(=O)(=O)c3cccc(N4C[C@@H]5C[C@@H]5[C@H](N)C4)n3)CC2)c1. The molecular formula is C28H36N4O4S. The number of anilines is 1. The van der Waals surface area contributed by atoms with Gasteiger partial charge in [-0.25, -0.2) is 9.71 Å². The first-order valence-electron chi connectivity index (χ1n) is 13.6. The van der Waals surface area contributed by atoms with Crippen LogP contribution in [0.1, 0.15) is 68.4 Å². The average molecular weight is 525 g/mol. The molecule has 4 aliphatic rings. The fraction of sp³-hybridized carbons (Fsp3) is 0.571. The molecule has 0 bridgehead atoms. The number of piperidine rings is 1. The molecule has 6 rings (SSSR count). The number of pyridine rings is 1. The molecule has 37 heavy (non-hydrogen) atoms. The van der Waals surface area contributed by atoms with E-state index in [9.17, 15) is 13.2 Å². The summed E-state index contributed by atoms with van der Waals surface area (Å²) >= 11 is 0. The molecule has 3 aliphatic carbocycles. The zero-order chi connectivity index (χ0) is 25.8. The van der Waals surface area contributed by atoms with Crippen LogP contribution in [0.3, 0.4) is 0 Å². The van der Waals surface area contributed by atoms with Crippen LogP contribution in [0.4, 0.5) is 5.82 Å². The highest BCUT2D eigenvalue weighted by atomic mass is 32.2. The summed E-state index contributed by atoms with van der Waals surface area (Å²) in [5.41, 5.74) is 7.27. The first kappa shape index (κ1) is 24.7. The van der Waals surface area contributed by atoms with Crippen LogP contribution in [-0.2, 0) is 14.8 Å². The van der Waals surface area contributed by atoms with Gasteiger partial charge in [0.05, 0.1) is 0 Å². The third-order valence-corrected chi connectivity index (χ3v) is 9.82. The minimum atomic E-state index is -4.16. The van der Waals surface area contributed by atoms with E-state index in [2.05, 4.69) is 26.7 Å². The van der Waals surface area contributed by atoms with Gasteiger partial charge in [0.25, 0.3) is 15.9 Å². The number of hydrogen-bond donors (Lipinski definition) is 2. The Morgan fingerprint density at radius 2 is 1.92 bits per heavy atom. The number of aromatic nitrogens is 1. The van der Waals surface area contributed by atoms with Crippen molar-refractivity contribution < 1.29 is 17.9 Å². The van der Waals surface area contributed by atoms with Crippen molar-refractivity contribution in [2.24, 2.45) is 17.6 Å². The number of sulfonamides is 1. The highest BCUT2D eigenvalue weighted by Gasteiger charge is 2.54. The number of benzene rings is 1.